The number of aromatic hydroxyl groups is 1. The van der Waals surface area contributed by atoms with Crippen LogP contribution in [0.25, 0.3) is 0 Å². The van der Waals surface area contributed by atoms with Gasteiger partial charge in [0.05, 0.1) is 0 Å². The van der Waals surface area contributed by atoms with Crippen LogP contribution in [0.4, 0.5) is 0 Å². The second-order valence-corrected chi connectivity index (χ2v) is 4.49. The Kier molecular flexibility index (Phi) is 5.29. The second kappa shape index (κ2) is 6.51. The maximum Gasteiger partial charge on any atom is 0.115 e. The number of nitrogens with zero attached hydrogens (tertiary/aromatic N) is 1. The molecule has 0 saturated heterocycles. The highest BCUT2D eigenvalue weighted by Crippen LogP contribution is 2.11. The van der Waals surface area contributed by atoms with Gasteiger partial charge in [-0.15, -0.1) is 0 Å². The first-order valence-electron chi connectivity index (χ1n) is 5.80. The lowest BCUT2D eigenvalue weighted by Crippen LogP contribution is -2.27. The van der Waals surface area contributed by atoms with Crippen molar-refractivity contribution >= 4 is 0 Å². The van der Waals surface area contributed by atoms with Crippen molar-refractivity contribution in [1.82, 2.24) is 4.90 Å². The van der Waals surface area contributed by atoms with Crippen molar-refractivity contribution in [3.63, 3.8) is 0 Å². The lowest BCUT2D eigenvalue weighted by atomic mass is 10.1. The Morgan fingerprint density at radius 2 is 2.12 bits per heavy atom. The first-order chi connectivity index (χ1) is 7.58. The summed E-state index contributed by atoms with van der Waals surface area (Å²) in [5, 5.41) is 9.32. The number of benzene rings is 1. The fourth-order valence-corrected chi connectivity index (χ4v) is 1.57. The molecular weight excluding hydrogens is 200 g/mol. The van der Waals surface area contributed by atoms with Crippen LogP contribution >= 0.6 is 0 Å². The van der Waals surface area contributed by atoms with Crippen LogP contribution in [-0.4, -0.2) is 36.2 Å². The fraction of sp³-hybridized carbons (Fsp3) is 0.538. The minimum atomic E-state index is 0.267. The van der Waals surface area contributed by atoms with Gasteiger partial charge in [0.25, 0.3) is 0 Å². The molecule has 0 heterocycles. The molecule has 0 aliphatic carbocycles. The van der Waals surface area contributed by atoms with E-state index in [0.717, 1.165) is 25.9 Å². The van der Waals surface area contributed by atoms with Crippen LogP contribution in [0.15, 0.2) is 24.3 Å². The molecule has 1 atom stereocenters. The summed E-state index contributed by atoms with van der Waals surface area (Å²) in [5.74, 6) is 0.343. The summed E-state index contributed by atoms with van der Waals surface area (Å²) in [4.78, 5) is 2.27. The van der Waals surface area contributed by atoms with Crippen LogP contribution in [0, 0.1) is 0 Å². The van der Waals surface area contributed by atoms with Crippen molar-refractivity contribution in [3.8, 4) is 5.75 Å². The largest absolute Gasteiger partial charge is 0.508 e. The lowest BCUT2D eigenvalue weighted by Gasteiger charge is -2.17. The number of hydrogen-bond donors (Lipinski definition) is 2. The normalized spacial score (nSPS) is 13.0. The second-order valence-electron chi connectivity index (χ2n) is 4.49. The number of likely N-dealkylation sites (N-methyl/N-ethyl adjacent to an activating group) is 1. The van der Waals surface area contributed by atoms with Crippen LogP contribution in [0.3, 0.4) is 0 Å². The highest BCUT2D eigenvalue weighted by Gasteiger charge is 2.01. The maximum absolute atomic E-state index is 9.32. The predicted octanol–water partition coefficient (Wildman–Crippen LogP) is 1.60. The van der Waals surface area contributed by atoms with E-state index in [-0.39, 0.29) is 6.04 Å². The van der Waals surface area contributed by atoms with Gasteiger partial charge in [-0.2, -0.15) is 0 Å². The van der Waals surface area contributed by atoms with Gasteiger partial charge in [-0.05, 0) is 51.1 Å². The van der Waals surface area contributed by atoms with Crippen LogP contribution in [0.2, 0.25) is 0 Å². The Hall–Kier alpha value is -1.06. The molecule has 0 fully saturated rings. The van der Waals surface area contributed by atoms with Gasteiger partial charge in [0.2, 0.25) is 0 Å². The fourth-order valence-electron chi connectivity index (χ4n) is 1.57. The van der Waals surface area contributed by atoms with E-state index in [1.807, 2.05) is 25.1 Å². The number of rotatable bonds is 6. The molecule has 90 valence electrons. The molecule has 0 saturated carbocycles. The minimum absolute atomic E-state index is 0.267. The quantitative estimate of drug-likeness (QED) is 0.768. The van der Waals surface area contributed by atoms with E-state index in [0.29, 0.717) is 5.75 Å². The van der Waals surface area contributed by atoms with Gasteiger partial charge in [0, 0.05) is 12.6 Å². The number of phenolic OH excluding ortho intramolecular Hbond substituents is 1. The topological polar surface area (TPSA) is 49.5 Å². The van der Waals surface area contributed by atoms with E-state index < -0.39 is 0 Å². The molecule has 0 unspecified atom stereocenters. The zero-order chi connectivity index (χ0) is 12.0. The molecule has 3 N–H and O–H groups in total. The van der Waals surface area contributed by atoms with E-state index in [2.05, 4.69) is 11.9 Å². The van der Waals surface area contributed by atoms with E-state index in [4.69, 9.17) is 5.73 Å². The molecule has 0 spiro atoms. The molecule has 0 radical (unpaired) electrons. The third-order valence-corrected chi connectivity index (χ3v) is 2.66. The van der Waals surface area contributed by atoms with Crippen molar-refractivity contribution in [2.24, 2.45) is 5.73 Å². The van der Waals surface area contributed by atoms with E-state index >= 15 is 0 Å². The van der Waals surface area contributed by atoms with Crippen molar-refractivity contribution in [2.75, 3.05) is 20.1 Å². The third kappa shape index (κ3) is 5.14. The zero-order valence-electron chi connectivity index (χ0n) is 10.2. The van der Waals surface area contributed by atoms with Crippen LogP contribution in [0.1, 0.15) is 18.9 Å². The first kappa shape index (κ1) is 13.0. The van der Waals surface area contributed by atoms with Gasteiger partial charge in [-0.3, -0.25) is 0 Å². The summed E-state index contributed by atoms with van der Waals surface area (Å²) in [6.45, 7) is 4.05. The SMILES string of the molecule is C[C@H](N)CCN(C)CCc1cccc(O)c1. The average Bonchev–Trinajstić information content (AvgIpc) is 2.23. The highest BCUT2D eigenvalue weighted by molar-refractivity contribution is 5.27. The molecule has 3 nitrogen and oxygen atoms in total. The molecule has 0 aromatic heterocycles. The van der Waals surface area contributed by atoms with Crippen molar-refractivity contribution in [3.05, 3.63) is 29.8 Å². The molecule has 1 aromatic rings. The summed E-state index contributed by atoms with van der Waals surface area (Å²) in [5.41, 5.74) is 6.88. The average molecular weight is 222 g/mol. The summed E-state index contributed by atoms with van der Waals surface area (Å²) in [6, 6.07) is 7.71. The summed E-state index contributed by atoms with van der Waals surface area (Å²) in [6.07, 6.45) is 1.99. The van der Waals surface area contributed by atoms with Crippen molar-refractivity contribution in [1.29, 1.82) is 0 Å². The molecule has 0 aliphatic rings. The van der Waals surface area contributed by atoms with E-state index in [1.54, 1.807) is 6.07 Å². The van der Waals surface area contributed by atoms with E-state index in [9.17, 15) is 5.11 Å². The van der Waals surface area contributed by atoms with Gasteiger partial charge in [-0.25, -0.2) is 0 Å². The standard InChI is InChI=1S/C13H22N2O/c1-11(14)6-8-15(2)9-7-12-4-3-5-13(16)10-12/h3-5,10-11,16H,6-9,14H2,1-2H3/t11-/m0/s1. The molecule has 0 bridgehead atoms. The Labute approximate surface area is 97.9 Å². The van der Waals surface area contributed by atoms with Crippen LogP contribution < -0.4 is 5.73 Å². The van der Waals surface area contributed by atoms with Gasteiger partial charge < -0.3 is 15.7 Å². The molecule has 3 heteroatoms. The molecule has 16 heavy (non-hydrogen) atoms. The van der Waals surface area contributed by atoms with Gasteiger partial charge in [0.1, 0.15) is 5.75 Å². The summed E-state index contributed by atoms with van der Waals surface area (Å²) < 4.78 is 0. The third-order valence-electron chi connectivity index (χ3n) is 2.66. The van der Waals surface area contributed by atoms with Gasteiger partial charge in [0.15, 0.2) is 0 Å². The number of hydrogen-bond acceptors (Lipinski definition) is 3. The molecule has 0 amide bonds. The predicted molar refractivity (Wildman–Crippen MR) is 67.6 cm³/mol. The Morgan fingerprint density at radius 1 is 1.38 bits per heavy atom. The summed E-state index contributed by atoms with van der Waals surface area (Å²) >= 11 is 0. The Morgan fingerprint density at radius 3 is 2.75 bits per heavy atom. The smallest absolute Gasteiger partial charge is 0.115 e. The van der Waals surface area contributed by atoms with Crippen LogP contribution in [-0.2, 0) is 6.42 Å². The monoisotopic (exact) mass is 222 g/mol. The van der Waals surface area contributed by atoms with Gasteiger partial charge >= 0.3 is 0 Å². The Bertz CT molecular complexity index is 313. The molecular formula is C13H22N2O. The van der Waals surface area contributed by atoms with Crippen molar-refractivity contribution in [2.45, 2.75) is 25.8 Å². The van der Waals surface area contributed by atoms with Crippen LogP contribution in [0.5, 0.6) is 5.75 Å². The highest BCUT2D eigenvalue weighted by atomic mass is 16.3. The maximum atomic E-state index is 9.32. The number of nitrogens with two attached hydrogens (primary N) is 1. The Balaban J connectivity index is 2.28. The molecule has 0 aliphatic heterocycles. The first-order valence-corrected chi connectivity index (χ1v) is 5.80. The summed E-state index contributed by atoms with van der Waals surface area (Å²) in [7, 11) is 2.10. The van der Waals surface area contributed by atoms with Gasteiger partial charge in [-0.1, -0.05) is 12.1 Å². The van der Waals surface area contributed by atoms with E-state index in [1.165, 1.54) is 5.56 Å². The lowest BCUT2D eigenvalue weighted by molar-refractivity contribution is 0.324. The van der Waals surface area contributed by atoms with Crippen molar-refractivity contribution < 1.29 is 5.11 Å². The zero-order valence-corrected chi connectivity index (χ0v) is 10.2. The minimum Gasteiger partial charge on any atom is -0.508 e. The number of phenols is 1. The molecule has 1 aromatic carbocycles. The molecule has 1 rings (SSSR count).